The van der Waals surface area contributed by atoms with Crippen LogP contribution in [0.4, 0.5) is 11.6 Å². The van der Waals surface area contributed by atoms with Crippen molar-refractivity contribution in [2.24, 2.45) is 0 Å². The van der Waals surface area contributed by atoms with E-state index in [0.717, 1.165) is 16.8 Å². The number of furan rings is 1. The van der Waals surface area contributed by atoms with E-state index in [1.165, 1.54) is 0 Å². The van der Waals surface area contributed by atoms with E-state index < -0.39 is 0 Å². The average Bonchev–Trinajstić information content (AvgIpc) is 2.99. The van der Waals surface area contributed by atoms with Crippen LogP contribution in [0.2, 0.25) is 0 Å². The van der Waals surface area contributed by atoms with Gasteiger partial charge in [-0.2, -0.15) is 0 Å². The van der Waals surface area contributed by atoms with Crippen LogP contribution < -0.4 is 10.9 Å². The molecule has 112 valence electrons. The van der Waals surface area contributed by atoms with E-state index in [9.17, 15) is 4.79 Å². The number of hydrogen-bond acceptors (Lipinski definition) is 5. The summed E-state index contributed by atoms with van der Waals surface area (Å²) in [5, 5.41) is 11.1. The summed E-state index contributed by atoms with van der Waals surface area (Å²) in [5.74, 6) is 1.00. The first-order valence-corrected chi connectivity index (χ1v) is 6.95. The van der Waals surface area contributed by atoms with Crippen molar-refractivity contribution in [1.29, 1.82) is 0 Å². The van der Waals surface area contributed by atoms with Gasteiger partial charge in [0, 0.05) is 5.69 Å². The van der Waals surface area contributed by atoms with Crippen LogP contribution in [0.1, 0.15) is 22.6 Å². The normalized spacial score (nSPS) is 10.6. The third kappa shape index (κ3) is 2.90. The molecule has 1 aromatic carbocycles. The van der Waals surface area contributed by atoms with Gasteiger partial charge in [0.05, 0.1) is 12.7 Å². The molecule has 3 aromatic rings. The van der Waals surface area contributed by atoms with Gasteiger partial charge < -0.3 is 9.73 Å². The van der Waals surface area contributed by atoms with Gasteiger partial charge in [-0.05, 0) is 37.1 Å². The summed E-state index contributed by atoms with van der Waals surface area (Å²) in [6, 6.07) is 9.53. The molecule has 0 fully saturated rings. The number of nitrogens with one attached hydrogen (secondary N) is 2. The van der Waals surface area contributed by atoms with Crippen LogP contribution in [-0.2, 0) is 6.42 Å². The highest BCUT2D eigenvalue weighted by Gasteiger charge is 2.09. The summed E-state index contributed by atoms with van der Waals surface area (Å²) in [6.07, 6.45) is 1.88. The van der Waals surface area contributed by atoms with Crippen LogP contribution >= 0.6 is 0 Å². The third-order valence-electron chi connectivity index (χ3n) is 3.41. The number of hydrogen-bond donors (Lipinski definition) is 2. The van der Waals surface area contributed by atoms with Crippen LogP contribution in [0.25, 0.3) is 0 Å². The van der Waals surface area contributed by atoms with Gasteiger partial charge in [0.1, 0.15) is 11.5 Å². The second kappa shape index (κ2) is 5.85. The Balaban J connectivity index is 1.84. The van der Waals surface area contributed by atoms with Crippen molar-refractivity contribution in [3.05, 3.63) is 69.5 Å². The van der Waals surface area contributed by atoms with Gasteiger partial charge in [-0.15, -0.1) is 10.2 Å². The summed E-state index contributed by atoms with van der Waals surface area (Å²) in [7, 11) is 0. The number of aromatic nitrogens is 3. The van der Waals surface area contributed by atoms with Crippen molar-refractivity contribution in [1.82, 2.24) is 15.2 Å². The zero-order valence-electron chi connectivity index (χ0n) is 12.4. The Labute approximate surface area is 127 Å². The van der Waals surface area contributed by atoms with Gasteiger partial charge in [-0.3, -0.25) is 9.78 Å². The minimum Gasteiger partial charge on any atom is -0.469 e. The van der Waals surface area contributed by atoms with Gasteiger partial charge in [0.15, 0.2) is 0 Å². The molecule has 6 heteroatoms. The van der Waals surface area contributed by atoms with Crippen molar-refractivity contribution < 1.29 is 4.42 Å². The fourth-order valence-electron chi connectivity index (χ4n) is 2.24. The van der Waals surface area contributed by atoms with Crippen molar-refractivity contribution in [3.63, 3.8) is 0 Å². The number of benzene rings is 1. The highest BCUT2D eigenvalue weighted by molar-refractivity contribution is 5.62. The minimum absolute atomic E-state index is 0.278. The zero-order valence-corrected chi connectivity index (χ0v) is 12.4. The molecule has 0 aliphatic rings. The number of H-pyrrole nitrogens is 1. The molecule has 3 rings (SSSR count). The monoisotopic (exact) mass is 296 g/mol. The van der Waals surface area contributed by atoms with Crippen molar-refractivity contribution in [2.75, 3.05) is 5.32 Å². The molecule has 0 unspecified atom stereocenters. The van der Waals surface area contributed by atoms with E-state index in [4.69, 9.17) is 4.42 Å². The van der Waals surface area contributed by atoms with E-state index in [-0.39, 0.29) is 5.56 Å². The van der Waals surface area contributed by atoms with Gasteiger partial charge >= 0.3 is 0 Å². The smallest absolute Gasteiger partial charge is 0.274 e. The molecule has 0 saturated carbocycles. The number of aryl methyl sites for hydroxylation is 2. The number of rotatable bonds is 4. The summed E-state index contributed by atoms with van der Waals surface area (Å²) in [5.41, 5.74) is 3.11. The third-order valence-corrected chi connectivity index (χ3v) is 3.41. The summed E-state index contributed by atoms with van der Waals surface area (Å²) in [6.45, 7) is 3.98. The fraction of sp³-hybridized carbons (Fsp3) is 0.188. The Morgan fingerprint density at radius 2 is 1.91 bits per heavy atom. The molecule has 0 saturated heterocycles. The fourth-order valence-corrected chi connectivity index (χ4v) is 2.24. The Morgan fingerprint density at radius 3 is 2.55 bits per heavy atom. The number of para-hydroxylation sites is 1. The van der Waals surface area contributed by atoms with Crippen LogP contribution in [0.15, 0.2) is 45.8 Å². The predicted molar refractivity (Wildman–Crippen MR) is 83.4 cm³/mol. The maximum atomic E-state index is 12.1. The molecule has 2 N–H and O–H groups in total. The SMILES string of the molecule is Cc1cccc(C)c1Nc1nnc(Cc2ccco2)c(=O)[nH]1. The van der Waals surface area contributed by atoms with Crippen LogP contribution in [-0.4, -0.2) is 15.2 Å². The predicted octanol–water partition coefficient (Wildman–Crippen LogP) is 2.71. The molecule has 0 atom stereocenters. The first kappa shape index (κ1) is 14.1. The minimum atomic E-state index is -0.278. The average molecular weight is 296 g/mol. The molecule has 0 aliphatic heterocycles. The van der Waals surface area contributed by atoms with Gasteiger partial charge in [-0.25, -0.2) is 0 Å². The van der Waals surface area contributed by atoms with Crippen LogP contribution in [0.5, 0.6) is 0 Å². The molecule has 0 amide bonds. The standard InChI is InChI=1S/C16H16N4O2/c1-10-5-3-6-11(2)14(10)17-16-18-15(21)13(19-20-16)9-12-7-4-8-22-12/h3-8H,9H2,1-2H3,(H2,17,18,20,21). The highest BCUT2D eigenvalue weighted by Crippen LogP contribution is 2.21. The molecule has 2 aromatic heterocycles. The summed E-state index contributed by atoms with van der Waals surface area (Å²) >= 11 is 0. The van der Waals surface area contributed by atoms with E-state index >= 15 is 0 Å². The van der Waals surface area contributed by atoms with Gasteiger partial charge in [-0.1, -0.05) is 18.2 Å². The van der Waals surface area contributed by atoms with Gasteiger partial charge in [0.2, 0.25) is 5.95 Å². The maximum absolute atomic E-state index is 12.1. The van der Waals surface area contributed by atoms with Crippen LogP contribution in [0.3, 0.4) is 0 Å². The van der Waals surface area contributed by atoms with Gasteiger partial charge in [0.25, 0.3) is 5.56 Å². The van der Waals surface area contributed by atoms with E-state index in [1.807, 2.05) is 32.0 Å². The number of aromatic amines is 1. The topological polar surface area (TPSA) is 83.8 Å². The molecule has 0 bridgehead atoms. The lowest BCUT2D eigenvalue weighted by molar-refractivity contribution is 0.517. The summed E-state index contributed by atoms with van der Waals surface area (Å²) in [4.78, 5) is 14.8. The lowest BCUT2D eigenvalue weighted by atomic mass is 10.1. The molecule has 0 aliphatic carbocycles. The molecular weight excluding hydrogens is 280 g/mol. The molecular formula is C16H16N4O2. The van der Waals surface area contributed by atoms with Crippen molar-refractivity contribution >= 4 is 11.6 Å². The van der Waals surface area contributed by atoms with Crippen LogP contribution in [0, 0.1) is 13.8 Å². The van der Waals surface area contributed by atoms with E-state index in [2.05, 4.69) is 20.5 Å². The molecule has 22 heavy (non-hydrogen) atoms. The van der Waals surface area contributed by atoms with E-state index in [0.29, 0.717) is 23.8 Å². The largest absolute Gasteiger partial charge is 0.469 e. The first-order valence-electron chi connectivity index (χ1n) is 6.95. The first-order chi connectivity index (χ1) is 10.6. The number of anilines is 2. The lowest BCUT2D eigenvalue weighted by Gasteiger charge is -2.11. The Kier molecular flexibility index (Phi) is 3.74. The number of nitrogens with zero attached hydrogens (tertiary/aromatic N) is 2. The second-order valence-corrected chi connectivity index (χ2v) is 5.10. The molecule has 2 heterocycles. The Bertz CT molecular complexity index is 817. The molecule has 0 radical (unpaired) electrons. The van der Waals surface area contributed by atoms with Crippen molar-refractivity contribution in [3.8, 4) is 0 Å². The quantitative estimate of drug-likeness (QED) is 0.773. The second-order valence-electron chi connectivity index (χ2n) is 5.10. The van der Waals surface area contributed by atoms with E-state index in [1.54, 1.807) is 18.4 Å². The molecule has 0 spiro atoms. The van der Waals surface area contributed by atoms with Crippen molar-refractivity contribution in [2.45, 2.75) is 20.3 Å². The zero-order chi connectivity index (χ0) is 15.5. The lowest BCUT2D eigenvalue weighted by Crippen LogP contribution is -2.19. The maximum Gasteiger partial charge on any atom is 0.274 e. The Hall–Kier alpha value is -2.89. The highest BCUT2D eigenvalue weighted by atomic mass is 16.3. The molecule has 6 nitrogen and oxygen atoms in total. The Morgan fingerprint density at radius 1 is 1.14 bits per heavy atom. The summed E-state index contributed by atoms with van der Waals surface area (Å²) < 4.78 is 5.21.